The van der Waals surface area contributed by atoms with Gasteiger partial charge in [0.25, 0.3) is 11.8 Å². The molecule has 8 heteroatoms. The van der Waals surface area contributed by atoms with Gasteiger partial charge in [0.15, 0.2) is 6.61 Å². The molecule has 2 aromatic carbocycles. The summed E-state index contributed by atoms with van der Waals surface area (Å²) in [5, 5.41) is 4.53. The van der Waals surface area contributed by atoms with Crippen LogP contribution >= 0.6 is 0 Å². The van der Waals surface area contributed by atoms with E-state index in [9.17, 15) is 14.4 Å². The summed E-state index contributed by atoms with van der Waals surface area (Å²) in [6.07, 6.45) is 2.11. The molecule has 0 saturated heterocycles. The Kier molecular flexibility index (Phi) is 5.16. The van der Waals surface area contributed by atoms with Gasteiger partial charge in [0, 0.05) is 41.9 Å². The molecule has 3 N–H and O–H groups in total. The monoisotopic (exact) mass is 458 g/mol. The molecule has 3 amide bonds. The third-order valence-corrected chi connectivity index (χ3v) is 6.42. The summed E-state index contributed by atoms with van der Waals surface area (Å²) in [4.78, 5) is 38.1. The minimum atomic E-state index is -0.552. The van der Waals surface area contributed by atoms with Crippen LogP contribution in [0.4, 0.5) is 5.69 Å². The molecule has 174 valence electrons. The Labute approximate surface area is 197 Å². The standard InChI is InChI=1S/C26H26N4O4/c1-14(2)29-11-18-23(16-7-9-17(10-8-16)34-13-22(27)32)25-20(12-30(15(3)31)26(25)33)28-19-5-4-6-21(29)24(18)19/h4-11,14,23,28H,12-13H2,1-3H3,(H2,27,32)/t23-/m1/s1. The molecule has 34 heavy (non-hydrogen) atoms. The van der Waals surface area contributed by atoms with Crippen molar-refractivity contribution in [1.82, 2.24) is 9.47 Å². The van der Waals surface area contributed by atoms with Crippen LogP contribution in [0, 0.1) is 0 Å². The molecule has 0 saturated carbocycles. The maximum absolute atomic E-state index is 13.5. The Bertz CT molecular complexity index is 1370. The molecule has 1 aromatic heterocycles. The second-order valence-electron chi connectivity index (χ2n) is 8.97. The first-order valence-electron chi connectivity index (χ1n) is 11.2. The number of imide groups is 1. The molecule has 3 aromatic rings. The molecule has 5 rings (SSSR count). The van der Waals surface area contributed by atoms with Crippen molar-refractivity contribution in [2.24, 2.45) is 5.73 Å². The second-order valence-corrected chi connectivity index (χ2v) is 8.97. The van der Waals surface area contributed by atoms with Gasteiger partial charge in [0.05, 0.1) is 17.6 Å². The summed E-state index contributed by atoms with van der Waals surface area (Å²) in [6.45, 7) is 5.66. The molecule has 0 radical (unpaired) electrons. The normalized spacial score (nSPS) is 17.1. The van der Waals surface area contributed by atoms with Gasteiger partial charge in [-0.2, -0.15) is 0 Å². The number of anilines is 1. The third kappa shape index (κ3) is 3.42. The minimum absolute atomic E-state index is 0.209. The highest BCUT2D eigenvalue weighted by Crippen LogP contribution is 2.47. The topological polar surface area (TPSA) is 107 Å². The first kappa shape index (κ1) is 21.8. The lowest BCUT2D eigenvalue weighted by atomic mass is 9.84. The van der Waals surface area contributed by atoms with Crippen molar-refractivity contribution in [3.05, 3.63) is 71.1 Å². The number of hydrogen-bond donors (Lipinski definition) is 2. The van der Waals surface area contributed by atoms with Gasteiger partial charge in [-0.3, -0.25) is 19.3 Å². The minimum Gasteiger partial charge on any atom is -0.484 e. The van der Waals surface area contributed by atoms with Crippen LogP contribution in [-0.4, -0.2) is 40.3 Å². The maximum Gasteiger partial charge on any atom is 0.259 e. The van der Waals surface area contributed by atoms with E-state index in [0.717, 1.165) is 33.4 Å². The number of nitrogens with one attached hydrogen (secondary N) is 1. The van der Waals surface area contributed by atoms with Crippen LogP contribution in [-0.2, 0) is 14.4 Å². The Morgan fingerprint density at radius 1 is 1.18 bits per heavy atom. The first-order valence-corrected chi connectivity index (χ1v) is 11.2. The molecule has 2 aliphatic heterocycles. The molecule has 1 atom stereocenters. The molecule has 0 aliphatic carbocycles. The lowest BCUT2D eigenvalue weighted by Gasteiger charge is -2.20. The van der Waals surface area contributed by atoms with E-state index in [-0.39, 0.29) is 36.9 Å². The highest BCUT2D eigenvalue weighted by molar-refractivity contribution is 6.11. The van der Waals surface area contributed by atoms with E-state index in [1.807, 2.05) is 24.3 Å². The molecule has 0 spiro atoms. The molecular formula is C26H26N4O4. The highest BCUT2D eigenvalue weighted by Gasteiger charge is 2.41. The SMILES string of the molecule is CC(=O)N1CC2=C(C1=O)[C@H](c1ccc(OCC(N)=O)cc1)c1cn(C(C)C)c3cccc(c13)N2. The number of carbonyl (C=O) groups excluding carboxylic acids is 3. The van der Waals surface area contributed by atoms with Gasteiger partial charge in [0.1, 0.15) is 5.75 Å². The van der Waals surface area contributed by atoms with Gasteiger partial charge in [0.2, 0.25) is 5.91 Å². The Hall–Kier alpha value is -4.07. The van der Waals surface area contributed by atoms with Crippen molar-refractivity contribution >= 4 is 34.3 Å². The van der Waals surface area contributed by atoms with Crippen molar-refractivity contribution in [3.8, 4) is 5.75 Å². The Morgan fingerprint density at radius 3 is 2.56 bits per heavy atom. The first-order chi connectivity index (χ1) is 16.3. The van der Waals surface area contributed by atoms with Gasteiger partial charge in [-0.05, 0) is 49.2 Å². The van der Waals surface area contributed by atoms with Crippen LogP contribution in [0.2, 0.25) is 0 Å². The molecule has 8 nitrogen and oxygen atoms in total. The Morgan fingerprint density at radius 2 is 1.91 bits per heavy atom. The zero-order chi connectivity index (χ0) is 24.1. The average molecular weight is 459 g/mol. The fraction of sp³-hybridized carbons (Fsp3) is 0.269. The maximum atomic E-state index is 13.5. The lowest BCUT2D eigenvalue weighted by molar-refractivity contribution is -0.139. The quantitative estimate of drug-likeness (QED) is 0.610. The van der Waals surface area contributed by atoms with Gasteiger partial charge in [-0.1, -0.05) is 18.2 Å². The predicted molar refractivity (Wildman–Crippen MR) is 128 cm³/mol. The smallest absolute Gasteiger partial charge is 0.259 e. The van der Waals surface area contributed by atoms with Crippen molar-refractivity contribution in [2.75, 3.05) is 18.5 Å². The zero-order valence-electron chi connectivity index (χ0n) is 19.3. The highest BCUT2D eigenvalue weighted by atomic mass is 16.5. The van der Waals surface area contributed by atoms with Crippen LogP contribution in [0.15, 0.2) is 59.9 Å². The second kappa shape index (κ2) is 8.06. The Balaban J connectivity index is 1.70. The van der Waals surface area contributed by atoms with E-state index in [4.69, 9.17) is 10.5 Å². The fourth-order valence-corrected chi connectivity index (χ4v) is 4.92. The van der Waals surface area contributed by atoms with Crippen LogP contribution < -0.4 is 15.8 Å². The van der Waals surface area contributed by atoms with Crippen molar-refractivity contribution in [3.63, 3.8) is 0 Å². The average Bonchev–Trinajstić information content (AvgIpc) is 3.29. The summed E-state index contributed by atoms with van der Waals surface area (Å²) < 4.78 is 7.63. The number of carbonyl (C=O) groups is 3. The number of nitrogens with zero attached hydrogens (tertiary/aromatic N) is 2. The summed E-state index contributed by atoms with van der Waals surface area (Å²) in [6, 6.07) is 13.6. The molecule has 3 heterocycles. The summed E-state index contributed by atoms with van der Waals surface area (Å²) in [5.41, 5.74) is 10.4. The molecular weight excluding hydrogens is 432 g/mol. The van der Waals surface area contributed by atoms with E-state index in [0.29, 0.717) is 11.3 Å². The lowest BCUT2D eigenvalue weighted by Crippen LogP contribution is -2.33. The zero-order valence-corrected chi connectivity index (χ0v) is 19.3. The van der Waals surface area contributed by atoms with Gasteiger partial charge < -0.3 is 20.4 Å². The molecule has 0 unspecified atom stereocenters. The number of aromatic nitrogens is 1. The van der Waals surface area contributed by atoms with Crippen LogP contribution in [0.3, 0.4) is 0 Å². The largest absolute Gasteiger partial charge is 0.484 e. The van der Waals surface area contributed by atoms with E-state index in [2.05, 4.69) is 36.0 Å². The van der Waals surface area contributed by atoms with Crippen LogP contribution in [0.25, 0.3) is 10.9 Å². The third-order valence-electron chi connectivity index (χ3n) is 6.42. The molecule has 0 bridgehead atoms. The predicted octanol–water partition coefficient (Wildman–Crippen LogP) is 3.29. The molecule has 2 aliphatic rings. The number of nitrogens with two attached hydrogens (primary N) is 1. The van der Waals surface area contributed by atoms with Gasteiger partial charge in [-0.25, -0.2) is 0 Å². The van der Waals surface area contributed by atoms with Crippen molar-refractivity contribution in [1.29, 1.82) is 0 Å². The van der Waals surface area contributed by atoms with Gasteiger partial charge >= 0.3 is 0 Å². The van der Waals surface area contributed by atoms with Gasteiger partial charge in [-0.15, -0.1) is 0 Å². The van der Waals surface area contributed by atoms with E-state index in [1.54, 1.807) is 12.1 Å². The van der Waals surface area contributed by atoms with Crippen LogP contribution in [0.1, 0.15) is 43.9 Å². The summed E-state index contributed by atoms with van der Waals surface area (Å²) in [5.74, 6) is -0.990. The summed E-state index contributed by atoms with van der Waals surface area (Å²) >= 11 is 0. The van der Waals surface area contributed by atoms with Crippen molar-refractivity contribution < 1.29 is 19.1 Å². The number of ether oxygens (including phenoxy) is 1. The fourth-order valence-electron chi connectivity index (χ4n) is 4.92. The number of amides is 3. The number of benzene rings is 2. The number of rotatable bonds is 5. The van der Waals surface area contributed by atoms with E-state index >= 15 is 0 Å². The number of primary amides is 1. The van der Waals surface area contributed by atoms with Crippen molar-refractivity contribution in [2.45, 2.75) is 32.7 Å². The van der Waals surface area contributed by atoms with Crippen LogP contribution in [0.5, 0.6) is 5.75 Å². The van der Waals surface area contributed by atoms with E-state index < -0.39 is 5.91 Å². The van der Waals surface area contributed by atoms with E-state index in [1.165, 1.54) is 11.8 Å². The number of hydrogen-bond acceptors (Lipinski definition) is 5. The molecule has 0 fully saturated rings. The summed E-state index contributed by atoms with van der Waals surface area (Å²) in [7, 11) is 0.